The Hall–Kier alpha value is -1.87. The van der Waals surface area contributed by atoms with Crippen molar-refractivity contribution in [3.63, 3.8) is 0 Å². The molecular weight excluding hydrogens is 341 g/mol. The van der Waals surface area contributed by atoms with Gasteiger partial charge in [0, 0.05) is 18.2 Å². The molecule has 0 bridgehead atoms. The van der Waals surface area contributed by atoms with Crippen molar-refractivity contribution < 1.29 is 17.9 Å². The van der Waals surface area contributed by atoms with Crippen LogP contribution in [-0.4, -0.2) is 32.7 Å². The largest absolute Gasteiger partial charge is 0.573 e. The van der Waals surface area contributed by atoms with Crippen LogP contribution in [0.4, 0.5) is 13.2 Å². The first-order chi connectivity index (χ1) is 11.3. The Labute approximate surface area is 142 Å². The van der Waals surface area contributed by atoms with E-state index in [9.17, 15) is 13.2 Å². The van der Waals surface area contributed by atoms with Crippen LogP contribution in [0.3, 0.4) is 0 Å². The molecule has 0 atom stereocenters. The third-order valence-electron chi connectivity index (χ3n) is 3.71. The van der Waals surface area contributed by atoms with Crippen molar-refractivity contribution >= 4 is 12.2 Å². The normalized spacial score (nSPS) is 15.0. The minimum Gasteiger partial charge on any atom is -0.405 e. The van der Waals surface area contributed by atoms with E-state index in [0.29, 0.717) is 23.0 Å². The monoisotopic (exact) mass is 358 g/mol. The summed E-state index contributed by atoms with van der Waals surface area (Å²) in [5, 5.41) is 4.26. The highest BCUT2D eigenvalue weighted by molar-refractivity contribution is 7.71. The maximum absolute atomic E-state index is 12.5. The van der Waals surface area contributed by atoms with Crippen LogP contribution >= 0.6 is 12.2 Å². The Morgan fingerprint density at radius 1 is 1.33 bits per heavy atom. The summed E-state index contributed by atoms with van der Waals surface area (Å²) in [6, 6.07) is 6.55. The predicted molar refractivity (Wildman–Crippen MR) is 83.9 cm³/mol. The number of para-hydroxylation sites is 1. The number of hydrogen-bond acceptors (Lipinski definition) is 4. The van der Waals surface area contributed by atoms with Gasteiger partial charge in [-0.05, 0) is 38.2 Å². The van der Waals surface area contributed by atoms with Crippen LogP contribution in [0.1, 0.15) is 24.4 Å². The fraction of sp³-hybridized carbons (Fsp3) is 0.467. The molecule has 3 rings (SSSR count). The molecule has 0 amide bonds. The van der Waals surface area contributed by atoms with Crippen LogP contribution < -0.4 is 4.74 Å². The van der Waals surface area contributed by atoms with Gasteiger partial charge in [-0.3, -0.25) is 4.90 Å². The van der Waals surface area contributed by atoms with E-state index in [-0.39, 0.29) is 12.3 Å². The van der Waals surface area contributed by atoms with Crippen LogP contribution in [0.2, 0.25) is 0 Å². The summed E-state index contributed by atoms with van der Waals surface area (Å²) in [5.74, 6) is -0.191. The topological polar surface area (TPSA) is 35.2 Å². The van der Waals surface area contributed by atoms with E-state index in [1.165, 1.54) is 12.1 Å². The lowest BCUT2D eigenvalue weighted by molar-refractivity contribution is -0.275. The lowest BCUT2D eigenvalue weighted by Gasteiger charge is -2.19. The van der Waals surface area contributed by atoms with Gasteiger partial charge in [0.15, 0.2) is 4.77 Å². The minimum atomic E-state index is -4.71. The summed E-state index contributed by atoms with van der Waals surface area (Å²) in [7, 11) is 1.79. The molecular formula is C15H17F3N4OS. The van der Waals surface area contributed by atoms with E-state index in [0.717, 1.165) is 12.8 Å². The summed E-state index contributed by atoms with van der Waals surface area (Å²) < 4.78 is 45.8. The average molecular weight is 358 g/mol. The lowest BCUT2D eigenvalue weighted by Crippen LogP contribution is -2.24. The van der Waals surface area contributed by atoms with Gasteiger partial charge in [0.05, 0.1) is 6.67 Å². The Morgan fingerprint density at radius 2 is 2.04 bits per heavy atom. The summed E-state index contributed by atoms with van der Waals surface area (Å²) in [6.07, 6.45) is -0.773. The fourth-order valence-electron chi connectivity index (χ4n) is 2.48. The molecule has 1 aromatic heterocycles. The second kappa shape index (κ2) is 6.56. The summed E-state index contributed by atoms with van der Waals surface area (Å²) in [6.45, 7) is 0.670. The van der Waals surface area contributed by atoms with Crippen molar-refractivity contribution in [1.29, 1.82) is 0 Å². The molecule has 1 saturated carbocycles. The summed E-state index contributed by atoms with van der Waals surface area (Å²) in [5.41, 5.74) is 0.450. The molecule has 1 fully saturated rings. The Balaban J connectivity index is 1.69. The number of ether oxygens (including phenoxy) is 1. The van der Waals surface area contributed by atoms with E-state index in [1.807, 2.05) is 9.47 Å². The highest BCUT2D eigenvalue weighted by atomic mass is 32.1. The van der Waals surface area contributed by atoms with Gasteiger partial charge in [0.1, 0.15) is 12.1 Å². The van der Waals surface area contributed by atoms with Gasteiger partial charge in [-0.25, -0.2) is 4.68 Å². The smallest absolute Gasteiger partial charge is 0.405 e. The number of rotatable bonds is 6. The number of hydrogen-bond donors (Lipinski definition) is 0. The van der Waals surface area contributed by atoms with Gasteiger partial charge in [0.25, 0.3) is 0 Å². The highest BCUT2D eigenvalue weighted by Crippen LogP contribution is 2.34. The van der Waals surface area contributed by atoms with Crippen LogP contribution in [0.15, 0.2) is 30.6 Å². The predicted octanol–water partition coefficient (Wildman–Crippen LogP) is 3.74. The summed E-state index contributed by atoms with van der Waals surface area (Å²) >= 11 is 5.39. The molecule has 1 aliphatic rings. The minimum absolute atomic E-state index is 0.191. The molecule has 9 heteroatoms. The molecule has 0 saturated heterocycles. The molecule has 1 aliphatic carbocycles. The second-order valence-electron chi connectivity index (χ2n) is 5.86. The van der Waals surface area contributed by atoms with E-state index in [4.69, 9.17) is 12.2 Å². The van der Waals surface area contributed by atoms with Gasteiger partial charge in [0.2, 0.25) is 0 Å². The molecule has 0 unspecified atom stereocenters. The molecule has 1 aromatic carbocycles. The van der Waals surface area contributed by atoms with Crippen molar-refractivity contribution in [2.45, 2.75) is 38.5 Å². The van der Waals surface area contributed by atoms with E-state index in [2.05, 4.69) is 9.84 Å². The second-order valence-corrected chi connectivity index (χ2v) is 6.23. The van der Waals surface area contributed by atoms with Crippen molar-refractivity contribution in [2.75, 3.05) is 7.05 Å². The van der Waals surface area contributed by atoms with Crippen LogP contribution in [-0.2, 0) is 13.2 Å². The van der Waals surface area contributed by atoms with Crippen molar-refractivity contribution in [1.82, 2.24) is 19.2 Å². The molecule has 2 aromatic rings. The first-order valence-electron chi connectivity index (χ1n) is 7.49. The zero-order chi connectivity index (χ0) is 17.3. The molecule has 0 spiro atoms. The third kappa shape index (κ3) is 4.15. The quantitative estimate of drug-likeness (QED) is 0.737. The van der Waals surface area contributed by atoms with E-state index >= 15 is 0 Å². The standard InChI is InChI=1S/C15H17F3N4OS/c1-20(10-22-14(24)21(9-19-22)12-6-7-12)8-11-4-2-3-5-13(11)23-15(16,17)18/h2-5,9,12H,6-8,10H2,1H3. The third-order valence-corrected chi connectivity index (χ3v) is 4.13. The Bertz CT molecular complexity index is 767. The number of benzene rings is 1. The number of aromatic nitrogens is 3. The van der Waals surface area contributed by atoms with Gasteiger partial charge < -0.3 is 9.30 Å². The molecule has 24 heavy (non-hydrogen) atoms. The van der Waals surface area contributed by atoms with E-state index < -0.39 is 6.36 Å². The molecule has 0 N–H and O–H groups in total. The molecule has 5 nitrogen and oxygen atoms in total. The molecule has 130 valence electrons. The van der Waals surface area contributed by atoms with Crippen LogP contribution in [0.25, 0.3) is 0 Å². The Kier molecular flexibility index (Phi) is 4.64. The number of halogens is 3. The number of alkyl halides is 3. The van der Waals surface area contributed by atoms with Gasteiger partial charge in [-0.2, -0.15) is 5.10 Å². The first-order valence-corrected chi connectivity index (χ1v) is 7.90. The maximum atomic E-state index is 12.5. The van der Waals surface area contributed by atoms with Gasteiger partial charge in [-0.1, -0.05) is 18.2 Å². The van der Waals surface area contributed by atoms with Crippen molar-refractivity contribution in [3.05, 3.63) is 40.9 Å². The zero-order valence-corrected chi connectivity index (χ0v) is 13.8. The zero-order valence-electron chi connectivity index (χ0n) is 13.0. The van der Waals surface area contributed by atoms with Crippen LogP contribution in [0.5, 0.6) is 5.75 Å². The van der Waals surface area contributed by atoms with Crippen LogP contribution in [0, 0.1) is 4.77 Å². The Morgan fingerprint density at radius 3 is 2.71 bits per heavy atom. The van der Waals surface area contributed by atoms with Crippen molar-refractivity contribution in [3.8, 4) is 5.75 Å². The average Bonchev–Trinajstić information content (AvgIpc) is 3.26. The SMILES string of the molecule is CN(Cc1ccccc1OC(F)(F)F)Cn1ncn(C2CC2)c1=S. The first kappa shape index (κ1) is 17.0. The molecule has 0 radical (unpaired) electrons. The van der Waals surface area contributed by atoms with E-state index in [1.54, 1.807) is 30.2 Å². The number of nitrogens with zero attached hydrogens (tertiary/aromatic N) is 4. The fourth-order valence-corrected chi connectivity index (χ4v) is 2.78. The van der Waals surface area contributed by atoms with Gasteiger partial charge >= 0.3 is 6.36 Å². The molecule has 0 aliphatic heterocycles. The molecule has 1 heterocycles. The highest BCUT2D eigenvalue weighted by Gasteiger charge is 2.32. The van der Waals surface area contributed by atoms with Gasteiger partial charge in [-0.15, -0.1) is 13.2 Å². The van der Waals surface area contributed by atoms with Crippen molar-refractivity contribution in [2.24, 2.45) is 0 Å². The maximum Gasteiger partial charge on any atom is 0.573 e. The summed E-state index contributed by atoms with van der Waals surface area (Å²) in [4.78, 5) is 1.83. The lowest BCUT2D eigenvalue weighted by atomic mass is 10.2.